The van der Waals surface area contributed by atoms with Crippen LogP contribution in [0.1, 0.15) is 6.92 Å². The largest absolute Gasteiger partial charge is 0.496 e. The van der Waals surface area contributed by atoms with Crippen LogP contribution in [0.5, 0.6) is 5.75 Å². The summed E-state index contributed by atoms with van der Waals surface area (Å²) in [7, 11) is 1.72. The first-order chi connectivity index (χ1) is 9.81. The van der Waals surface area contributed by atoms with E-state index in [0.717, 1.165) is 43.9 Å². The number of nitrogens with zero attached hydrogens (tertiary/aromatic N) is 2. The van der Waals surface area contributed by atoms with Gasteiger partial charge in [-0.3, -0.25) is 4.90 Å². The Labute approximate surface area is 119 Å². The van der Waals surface area contributed by atoms with E-state index < -0.39 is 0 Å². The second kappa shape index (κ2) is 5.85. The van der Waals surface area contributed by atoms with Gasteiger partial charge in [-0.25, -0.2) is 0 Å². The molecule has 108 valence electrons. The van der Waals surface area contributed by atoms with Crippen LogP contribution in [-0.2, 0) is 11.3 Å². The van der Waals surface area contributed by atoms with Gasteiger partial charge in [-0.05, 0) is 24.7 Å². The van der Waals surface area contributed by atoms with Gasteiger partial charge in [0.25, 0.3) is 0 Å². The summed E-state index contributed by atoms with van der Waals surface area (Å²) >= 11 is 0. The Balaban J connectivity index is 1.81. The highest BCUT2D eigenvalue weighted by Gasteiger charge is 2.20. The molecule has 2 aromatic rings. The van der Waals surface area contributed by atoms with Crippen LogP contribution in [0.2, 0.25) is 0 Å². The monoisotopic (exact) mass is 274 g/mol. The minimum atomic E-state index is 0.269. The standard InChI is InChI=1S/C16H22N2O2/c1-3-17-9-10-20-13(11-17)12-18-8-7-14-15(18)5-4-6-16(14)19-2/h4-8,13H,3,9-12H2,1-2H3. The Morgan fingerprint density at radius 2 is 2.25 bits per heavy atom. The third-order valence-corrected chi connectivity index (χ3v) is 4.06. The predicted molar refractivity (Wildman–Crippen MR) is 80.3 cm³/mol. The molecule has 4 nitrogen and oxygen atoms in total. The zero-order valence-corrected chi connectivity index (χ0v) is 12.2. The lowest BCUT2D eigenvalue weighted by Gasteiger charge is -2.32. The highest BCUT2D eigenvalue weighted by atomic mass is 16.5. The van der Waals surface area contributed by atoms with Gasteiger partial charge in [-0.15, -0.1) is 0 Å². The summed E-state index contributed by atoms with van der Waals surface area (Å²) in [4.78, 5) is 2.44. The van der Waals surface area contributed by atoms with Crippen molar-refractivity contribution in [2.24, 2.45) is 0 Å². The molecule has 0 amide bonds. The zero-order valence-electron chi connectivity index (χ0n) is 12.2. The van der Waals surface area contributed by atoms with E-state index in [0.29, 0.717) is 0 Å². The molecule has 1 unspecified atom stereocenters. The number of methoxy groups -OCH3 is 1. The van der Waals surface area contributed by atoms with Gasteiger partial charge in [0.15, 0.2) is 0 Å². The maximum atomic E-state index is 5.90. The summed E-state index contributed by atoms with van der Waals surface area (Å²) in [5, 5.41) is 1.16. The van der Waals surface area contributed by atoms with Crippen LogP contribution in [0.4, 0.5) is 0 Å². The minimum absolute atomic E-state index is 0.269. The van der Waals surface area contributed by atoms with E-state index >= 15 is 0 Å². The van der Waals surface area contributed by atoms with E-state index in [1.165, 1.54) is 5.52 Å². The van der Waals surface area contributed by atoms with E-state index in [1.807, 2.05) is 12.1 Å². The Hall–Kier alpha value is -1.52. The summed E-state index contributed by atoms with van der Waals surface area (Å²) in [6.07, 6.45) is 2.40. The highest BCUT2D eigenvalue weighted by molar-refractivity contribution is 5.86. The molecule has 1 aromatic carbocycles. The first-order valence-electron chi connectivity index (χ1n) is 7.27. The average Bonchev–Trinajstić information content (AvgIpc) is 2.90. The number of rotatable bonds is 4. The lowest BCUT2D eigenvalue weighted by molar-refractivity contribution is -0.0337. The fourth-order valence-corrected chi connectivity index (χ4v) is 2.93. The topological polar surface area (TPSA) is 26.6 Å². The van der Waals surface area contributed by atoms with Crippen molar-refractivity contribution in [2.45, 2.75) is 19.6 Å². The number of likely N-dealkylation sites (N-methyl/N-ethyl adjacent to an activating group) is 1. The van der Waals surface area contributed by atoms with Crippen molar-refractivity contribution in [3.05, 3.63) is 30.5 Å². The molecule has 1 saturated heterocycles. The van der Waals surface area contributed by atoms with Gasteiger partial charge in [0, 0.05) is 24.7 Å². The molecule has 1 aromatic heterocycles. The zero-order chi connectivity index (χ0) is 13.9. The van der Waals surface area contributed by atoms with Crippen molar-refractivity contribution in [3.8, 4) is 5.75 Å². The smallest absolute Gasteiger partial charge is 0.128 e. The summed E-state index contributed by atoms with van der Waals surface area (Å²) in [5.74, 6) is 0.931. The number of hydrogen-bond acceptors (Lipinski definition) is 3. The molecule has 2 heterocycles. The van der Waals surface area contributed by atoms with Crippen LogP contribution in [0.25, 0.3) is 10.9 Å². The molecular weight excluding hydrogens is 252 g/mol. The molecule has 0 aliphatic carbocycles. The van der Waals surface area contributed by atoms with Crippen molar-refractivity contribution in [3.63, 3.8) is 0 Å². The molecule has 1 aliphatic rings. The highest BCUT2D eigenvalue weighted by Crippen LogP contribution is 2.26. The van der Waals surface area contributed by atoms with Crippen molar-refractivity contribution in [1.82, 2.24) is 9.47 Å². The van der Waals surface area contributed by atoms with Crippen LogP contribution in [0.15, 0.2) is 30.5 Å². The number of ether oxygens (including phenoxy) is 2. The van der Waals surface area contributed by atoms with Gasteiger partial charge >= 0.3 is 0 Å². The molecule has 0 bridgehead atoms. The summed E-state index contributed by atoms with van der Waals surface area (Å²) in [6, 6.07) is 8.30. The summed E-state index contributed by atoms with van der Waals surface area (Å²) in [6.45, 7) is 7.10. The predicted octanol–water partition coefficient (Wildman–Crippen LogP) is 2.37. The van der Waals surface area contributed by atoms with Crippen LogP contribution in [0.3, 0.4) is 0 Å². The van der Waals surface area contributed by atoms with Crippen molar-refractivity contribution in [2.75, 3.05) is 33.4 Å². The van der Waals surface area contributed by atoms with E-state index in [4.69, 9.17) is 9.47 Å². The van der Waals surface area contributed by atoms with E-state index in [9.17, 15) is 0 Å². The first-order valence-corrected chi connectivity index (χ1v) is 7.27. The Morgan fingerprint density at radius 1 is 1.35 bits per heavy atom. The molecule has 0 saturated carbocycles. The lowest BCUT2D eigenvalue weighted by Crippen LogP contribution is -2.43. The lowest BCUT2D eigenvalue weighted by atomic mass is 10.2. The third-order valence-electron chi connectivity index (χ3n) is 4.06. The Bertz CT molecular complexity index is 579. The number of aromatic nitrogens is 1. The maximum absolute atomic E-state index is 5.90. The molecule has 4 heteroatoms. The van der Waals surface area contributed by atoms with Gasteiger partial charge in [0.05, 0.1) is 31.9 Å². The first kappa shape index (κ1) is 13.5. The molecule has 1 fully saturated rings. The molecule has 1 atom stereocenters. The molecule has 20 heavy (non-hydrogen) atoms. The number of benzene rings is 1. The normalized spacial score (nSPS) is 20.4. The van der Waals surface area contributed by atoms with Crippen molar-refractivity contribution in [1.29, 1.82) is 0 Å². The van der Waals surface area contributed by atoms with Gasteiger partial charge in [0.1, 0.15) is 5.75 Å². The van der Waals surface area contributed by atoms with E-state index in [1.54, 1.807) is 7.11 Å². The van der Waals surface area contributed by atoms with Gasteiger partial charge in [-0.1, -0.05) is 13.0 Å². The van der Waals surface area contributed by atoms with Crippen LogP contribution in [0, 0.1) is 0 Å². The average molecular weight is 274 g/mol. The van der Waals surface area contributed by atoms with Crippen molar-refractivity contribution < 1.29 is 9.47 Å². The van der Waals surface area contributed by atoms with Gasteiger partial charge < -0.3 is 14.0 Å². The molecular formula is C16H22N2O2. The summed E-state index contributed by atoms with van der Waals surface area (Å²) < 4.78 is 13.6. The van der Waals surface area contributed by atoms with Gasteiger partial charge in [-0.2, -0.15) is 0 Å². The van der Waals surface area contributed by atoms with Crippen LogP contribution < -0.4 is 4.74 Å². The van der Waals surface area contributed by atoms with Crippen LogP contribution >= 0.6 is 0 Å². The molecule has 1 aliphatic heterocycles. The minimum Gasteiger partial charge on any atom is -0.496 e. The fraction of sp³-hybridized carbons (Fsp3) is 0.500. The molecule has 0 radical (unpaired) electrons. The number of hydrogen-bond donors (Lipinski definition) is 0. The number of fused-ring (bicyclic) bond motifs is 1. The number of morpholine rings is 1. The Morgan fingerprint density at radius 3 is 3.05 bits per heavy atom. The quantitative estimate of drug-likeness (QED) is 0.856. The fourth-order valence-electron chi connectivity index (χ4n) is 2.93. The van der Waals surface area contributed by atoms with E-state index in [-0.39, 0.29) is 6.10 Å². The van der Waals surface area contributed by atoms with Crippen LogP contribution in [-0.4, -0.2) is 48.9 Å². The molecule has 3 rings (SSSR count). The molecule has 0 spiro atoms. The Kier molecular flexibility index (Phi) is 3.94. The third kappa shape index (κ3) is 2.53. The second-order valence-corrected chi connectivity index (χ2v) is 5.25. The maximum Gasteiger partial charge on any atom is 0.128 e. The SMILES string of the molecule is CCN1CCOC(Cn2ccc3c(OC)cccc32)C1. The second-order valence-electron chi connectivity index (χ2n) is 5.25. The van der Waals surface area contributed by atoms with Gasteiger partial charge in [0.2, 0.25) is 0 Å². The van der Waals surface area contributed by atoms with Crippen molar-refractivity contribution >= 4 is 10.9 Å². The van der Waals surface area contributed by atoms with E-state index in [2.05, 4.69) is 34.7 Å². The molecule has 0 N–H and O–H groups in total. The summed E-state index contributed by atoms with van der Waals surface area (Å²) in [5.41, 5.74) is 1.21.